The molecule has 0 aliphatic rings. The minimum Gasteiger partial charge on any atom is -0.507 e. The molecule has 3 rings (SSSR count). The van der Waals surface area contributed by atoms with E-state index in [0.717, 1.165) is 10.8 Å². The zero-order valence-electron chi connectivity index (χ0n) is 19.0. The summed E-state index contributed by atoms with van der Waals surface area (Å²) < 4.78 is 3.78. The Morgan fingerprint density at radius 1 is 1.06 bits per heavy atom. The summed E-state index contributed by atoms with van der Waals surface area (Å²) in [6.07, 6.45) is 0.502. The van der Waals surface area contributed by atoms with Gasteiger partial charge < -0.3 is 15.2 Å². The number of aromatic hydroxyl groups is 1. The summed E-state index contributed by atoms with van der Waals surface area (Å²) in [7, 11) is 0. The minimum absolute atomic E-state index is 0.113. The SMILES string of the molecule is CC(C)CC(=O)N[C@H](Oc1ccc(/C=N\NC(=O)c2cc3ccccc3cc2O)cc1)C(Cl)(Cl)Cl. The lowest BCUT2D eigenvalue weighted by atomic mass is 10.1. The fourth-order valence-corrected chi connectivity index (χ4v) is 3.46. The van der Waals surface area contributed by atoms with E-state index in [0.29, 0.717) is 11.3 Å². The van der Waals surface area contributed by atoms with Gasteiger partial charge in [0.15, 0.2) is 0 Å². The van der Waals surface area contributed by atoms with Crippen molar-refractivity contribution in [1.29, 1.82) is 0 Å². The maximum Gasteiger partial charge on any atom is 0.275 e. The predicted molar refractivity (Wildman–Crippen MR) is 139 cm³/mol. The molecule has 10 heteroatoms. The second-order valence-corrected chi connectivity index (χ2v) is 10.6. The van der Waals surface area contributed by atoms with Gasteiger partial charge in [-0.3, -0.25) is 9.59 Å². The molecule has 2 amide bonds. The van der Waals surface area contributed by atoms with Crippen LogP contribution in [0.15, 0.2) is 65.8 Å². The van der Waals surface area contributed by atoms with E-state index >= 15 is 0 Å². The zero-order valence-corrected chi connectivity index (χ0v) is 21.2. The normalized spacial score (nSPS) is 12.6. The van der Waals surface area contributed by atoms with Gasteiger partial charge in [0.2, 0.25) is 15.9 Å². The Morgan fingerprint density at radius 3 is 2.29 bits per heavy atom. The first kappa shape index (κ1) is 26.6. The molecule has 7 nitrogen and oxygen atoms in total. The van der Waals surface area contributed by atoms with Crippen LogP contribution < -0.4 is 15.5 Å². The third kappa shape index (κ3) is 7.75. The van der Waals surface area contributed by atoms with Crippen molar-refractivity contribution in [2.75, 3.05) is 0 Å². The summed E-state index contributed by atoms with van der Waals surface area (Å²) in [5.41, 5.74) is 3.16. The molecule has 0 aliphatic carbocycles. The molecular formula is C25H24Cl3N3O4. The zero-order chi connectivity index (χ0) is 25.6. The molecule has 0 bridgehead atoms. The highest BCUT2D eigenvalue weighted by Crippen LogP contribution is 2.32. The molecule has 0 unspecified atom stereocenters. The number of rotatable bonds is 8. The molecule has 35 heavy (non-hydrogen) atoms. The number of ether oxygens (including phenoxy) is 1. The summed E-state index contributed by atoms with van der Waals surface area (Å²) in [5.74, 6) is -0.494. The lowest BCUT2D eigenvalue weighted by molar-refractivity contribution is -0.124. The van der Waals surface area contributed by atoms with Gasteiger partial charge in [-0.15, -0.1) is 0 Å². The van der Waals surface area contributed by atoms with E-state index in [2.05, 4.69) is 15.8 Å². The highest BCUT2D eigenvalue weighted by Gasteiger charge is 2.36. The van der Waals surface area contributed by atoms with Gasteiger partial charge in [-0.25, -0.2) is 5.43 Å². The van der Waals surface area contributed by atoms with Crippen molar-refractivity contribution in [3.63, 3.8) is 0 Å². The van der Waals surface area contributed by atoms with Crippen molar-refractivity contribution in [3.05, 3.63) is 71.8 Å². The highest BCUT2D eigenvalue weighted by molar-refractivity contribution is 6.68. The van der Waals surface area contributed by atoms with Crippen LogP contribution in [0.25, 0.3) is 10.8 Å². The van der Waals surface area contributed by atoms with Gasteiger partial charge in [0.25, 0.3) is 5.91 Å². The number of nitrogens with zero attached hydrogens (tertiary/aromatic N) is 1. The number of carbonyl (C=O) groups is 2. The number of benzene rings is 3. The number of phenolic OH excluding ortho intramolecular Hbond substituents is 1. The van der Waals surface area contributed by atoms with Crippen molar-refractivity contribution < 1.29 is 19.4 Å². The average molecular weight is 537 g/mol. The molecule has 0 aliphatic heterocycles. The predicted octanol–water partition coefficient (Wildman–Crippen LogP) is 5.55. The first-order valence-electron chi connectivity index (χ1n) is 10.7. The van der Waals surface area contributed by atoms with E-state index in [1.165, 1.54) is 12.3 Å². The lowest BCUT2D eigenvalue weighted by Crippen LogP contribution is -2.48. The van der Waals surface area contributed by atoms with Crippen molar-refractivity contribution in [2.45, 2.75) is 30.3 Å². The Bertz CT molecular complexity index is 1220. The van der Waals surface area contributed by atoms with Crippen molar-refractivity contribution in [1.82, 2.24) is 10.7 Å². The third-order valence-electron chi connectivity index (χ3n) is 4.81. The molecule has 0 saturated heterocycles. The Balaban J connectivity index is 1.62. The van der Waals surface area contributed by atoms with Crippen molar-refractivity contribution in [2.24, 2.45) is 11.0 Å². The average Bonchev–Trinajstić information content (AvgIpc) is 2.78. The van der Waals surface area contributed by atoms with Gasteiger partial charge in [0.05, 0.1) is 11.8 Å². The fraction of sp³-hybridized carbons (Fsp3) is 0.240. The van der Waals surface area contributed by atoms with Gasteiger partial charge >= 0.3 is 0 Å². The van der Waals surface area contributed by atoms with E-state index in [9.17, 15) is 14.7 Å². The molecule has 0 aromatic heterocycles. The van der Waals surface area contributed by atoms with E-state index in [4.69, 9.17) is 39.5 Å². The number of amides is 2. The van der Waals surface area contributed by atoms with Crippen LogP contribution in [0.2, 0.25) is 0 Å². The molecule has 3 aromatic carbocycles. The first-order chi connectivity index (χ1) is 16.5. The van der Waals surface area contributed by atoms with Crippen LogP contribution in [0.5, 0.6) is 11.5 Å². The van der Waals surface area contributed by atoms with Crippen LogP contribution in [-0.2, 0) is 4.79 Å². The molecule has 0 spiro atoms. The van der Waals surface area contributed by atoms with E-state index in [1.54, 1.807) is 30.3 Å². The number of hydrazone groups is 1. The van der Waals surface area contributed by atoms with Crippen LogP contribution in [0.1, 0.15) is 36.2 Å². The largest absolute Gasteiger partial charge is 0.507 e. The summed E-state index contributed by atoms with van der Waals surface area (Å²) >= 11 is 17.9. The second kappa shape index (κ2) is 11.6. The molecule has 1 atom stereocenters. The van der Waals surface area contributed by atoms with Crippen LogP contribution in [0.4, 0.5) is 0 Å². The van der Waals surface area contributed by atoms with Crippen molar-refractivity contribution >= 4 is 63.6 Å². The first-order valence-corrected chi connectivity index (χ1v) is 11.8. The molecule has 184 valence electrons. The third-order valence-corrected chi connectivity index (χ3v) is 5.40. The Hall–Kier alpha value is -3.00. The Morgan fingerprint density at radius 2 is 1.69 bits per heavy atom. The van der Waals surface area contributed by atoms with Crippen molar-refractivity contribution in [3.8, 4) is 11.5 Å². The van der Waals surface area contributed by atoms with Crippen LogP contribution in [0, 0.1) is 5.92 Å². The quantitative estimate of drug-likeness (QED) is 0.152. The Labute approximate surface area is 218 Å². The molecule has 0 radical (unpaired) electrons. The molecule has 0 heterocycles. The number of hydrogen-bond donors (Lipinski definition) is 3. The lowest BCUT2D eigenvalue weighted by Gasteiger charge is -2.26. The number of nitrogens with one attached hydrogen (secondary N) is 2. The number of phenols is 1. The van der Waals surface area contributed by atoms with Crippen LogP contribution in [0.3, 0.4) is 0 Å². The number of hydrogen-bond acceptors (Lipinski definition) is 5. The van der Waals surface area contributed by atoms with E-state index in [1.807, 2.05) is 38.1 Å². The Kier molecular flexibility index (Phi) is 8.83. The number of halogens is 3. The summed E-state index contributed by atoms with van der Waals surface area (Å²) in [6, 6.07) is 17.1. The van der Waals surface area contributed by atoms with Gasteiger partial charge in [0, 0.05) is 6.42 Å². The van der Waals surface area contributed by atoms with E-state index < -0.39 is 15.9 Å². The number of carbonyl (C=O) groups excluding carboxylic acids is 2. The van der Waals surface area contributed by atoms with Gasteiger partial charge in [-0.2, -0.15) is 5.10 Å². The van der Waals surface area contributed by atoms with Gasteiger partial charge in [-0.1, -0.05) is 72.9 Å². The summed E-state index contributed by atoms with van der Waals surface area (Å²) in [4.78, 5) is 24.5. The standard InChI is InChI=1S/C25H24Cl3N3O4/c1-15(2)11-22(33)30-24(25(26,27)28)35-19-9-7-16(8-10-19)14-29-31-23(34)20-12-17-5-3-4-6-18(17)13-21(20)32/h3-10,12-15,24,32H,11H2,1-2H3,(H,30,33)(H,31,34)/b29-14-/t24-/m1/s1. The van der Waals surface area contributed by atoms with E-state index in [-0.39, 0.29) is 29.6 Å². The van der Waals surface area contributed by atoms with Gasteiger partial charge in [-0.05, 0) is 58.7 Å². The number of alkyl halides is 3. The van der Waals surface area contributed by atoms with Crippen LogP contribution >= 0.6 is 34.8 Å². The minimum atomic E-state index is -1.88. The summed E-state index contributed by atoms with van der Waals surface area (Å²) in [5, 5.41) is 18.3. The molecule has 0 saturated carbocycles. The smallest absolute Gasteiger partial charge is 0.275 e. The molecular weight excluding hydrogens is 513 g/mol. The topological polar surface area (TPSA) is 100 Å². The number of fused-ring (bicyclic) bond motifs is 1. The maximum absolute atomic E-state index is 12.4. The molecule has 3 N–H and O–H groups in total. The molecule has 3 aromatic rings. The van der Waals surface area contributed by atoms with Crippen LogP contribution in [-0.4, -0.2) is 33.2 Å². The molecule has 0 fully saturated rings. The summed E-state index contributed by atoms with van der Waals surface area (Å²) in [6.45, 7) is 3.80. The second-order valence-electron chi connectivity index (χ2n) is 8.19. The fourth-order valence-electron chi connectivity index (χ4n) is 3.16. The monoisotopic (exact) mass is 535 g/mol. The van der Waals surface area contributed by atoms with Gasteiger partial charge in [0.1, 0.15) is 11.5 Å². The highest BCUT2D eigenvalue weighted by atomic mass is 35.6. The maximum atomic E-state index is 12.4.